The fourth-order valence-corrected chi connectivity index (χ4v) is 3.30. The maximum atomic E-state index is 10.7. The number of nitrogens with zero attached hydrogens (tertiary/aromatic N) is 4. The van der Waals surface area contributed by atoms with Gasteiger partial charge in [-0.15, -0.1) is 0 Å². The van der Waals surface area contributed by atoms with E-state index in [2.05, 4.69) is 24.5 Å². The summed E-state index contributed by atoms with van der Waals surface area (Å²) < 4.78 is 36.4. The summed E-state index contributed by atoms with van der Waals surface area (Å²) in [6, 6.07) is 0.360. The Kier molecular flexibility index (Phi) is 3.85. The molecule has 2 aliphatic rings. The number of nitrogen functional groups attached to an aromatic ring is 1. The monoisotopic (exact) mass is 366 g/mol. The lowest BCUT2D eigenvalue weighted by Crippen LogP contribution is -2.13. The third-order valence-electron chi connectivity index (χ3n) is 4.29. The van der Waals surface area contributed by atoms with E-state index in [1.54, 1.807) is 6.33 Å². The van der Waals surface area contributed by atoms with Gasteiger partial charge in [-0.05, 0) is 19.3 Å². The summed E-state index contributed by atoms with van der Waals surface area (Å²) in [5.41, 5.74) is 7.12. The van der Waals surface area contributed by atoms with Gasteiger partial charge in [0.25, 0.3) is 0 Å². The summed E-state index contributed by atoms with van der Waals surface area (Å²) in [5, 5.41) is 3.31. The quantitative estimate of drug-likeness (QED) is 0.501. The van der Waals surface area contributed by atoms with Crippen LogP contribution in [0.5, 0.6) is 0 Å². The van der Waals surface area contributed by atoms with Crippen LogP contribution in [0.4, 0.5) is 11.8 Å². The van der Waals surface area contributed by atoms with Crippen LogP contribution in [0.25, 0.3) is 11.2 Å². The molecule has 4 rings (SSSR count). The van der Waals surface area contributed by atoms with Gasteiger partial charge in [-0.3, -0.25) is 4.55 Å². The first kappa shape index (κ1) is 16.2. The first-order valence-electron chi connectivity index (χ1n) is 7.96. The normalized spacial score (nSPS) is 23.4. The molecule has 2 heterocycles. The molecule has 11 heteroatoms. The average Bonchev–Trinajstić information content (AvgIpc) is 3.06. The first-order chi connectivity index (χ1) is 11.9. The fraction of sp³-hybridized carbons (Fsp3) is 0.500. The Bertz CT molecular complexity index is 936. The molecule has 134 valence electrons. The van der Waals surface area contributed by atoms with E-state index in [1.807, 2.05) is 16.7 Å². The largest absolute Gasteiger partial charge is 0.397 e. The Hall–Kier alpha value is -2.24. The first-order valence-corrected chi connectivity index (χ1v) is 9.32. The molecule has 2 aliphatic carbocycles. The maximum absolute atomic E-state index is 10.7. The minimum absolute atomic E-state index is 0.0527. The van der Waals surface area contributed by atoms with Crippen molar-refractivity contribution in [3.05, 3.63) is 18.5 Å². The van der Waals surface area contributed by atoms with Crippen LogP contribution in [0.3, 0.4) is 0 Å². The smallest absolute Gasteiger partial charge is 0.368 e. The molecule has 2 aromatic heterocycles. The summed E-state index contributed by atoms with van der Waals surface area (Å²) >= 11 is 0. The minimum atomic E-state index is -4.43. The van der Waals surface area contributed by atoms with Crippen molar-refractivity contribution in [2.24, 2.45) is 5.92 Å². The number of fused-ring (bicyclic) bond motifs is 1. The van der Waals surface area contributed by atoms with Crippen molar-refractivity contribution in [3.8, 4) is 0 Å². The Morgan fingerprint density at radius 2 is 2.16 bits per heavy atom. The van der Waals surface area contributed by atoms with Crippen LogP contribution in [-0.2, 0) is 14.6 Å². The van der Waals surface area contributed by atoms with E-state index in [4.69, 9.17) is 10.3 Å². The lowest BCUT2D eigenvalue weighted by Gasteiger charge is -2.14. The lowest BCUT2D eigenvalue weighted by molar-refractivity contribution is 0.235. The molecule has 0 bridgehead atoms. The van der Waals surface area contributed by atoms with Gasteiger partial charge in [0, 0.05) is 12.0 Å². The second-order valence-electron chi connectivity index (χ2n) is 6.33. The van der Waals surface area contributed by atoms with Crippen LogP contribution in [-0.4, -0.2) is 45.1 Å². The van der Waals surface area contributed by atoms with Gasteiger partial charge < -0.3 is 15.6 Å². The highest BCUT2D eigenvalue weighted by Crippen LogP contribution is 2.33. The number of nitrogens with two attached hydrogens (primary N) is 1. The van der Waals surface area contributed by atoms with Gasteiger partial charge >= 0.3 is 10.4 Å². The number of anilines is 2. The van der Waals surface area contributed by atoms with Crippen molar-refractivity contribution in [1.82, 2.24) is 19.5 Å². The Balaban J connectivity index is 1.56. The second-order valence-corrected chi connectivity index (χ2v) is 7.42. The molecule has 25 heavy (non-hydrogen) atoms. The molecule has 0 aliphatic heterocycles. The molecule has 0 aromatic carbocycles. The summed E-state index contributed by atoms with van der Waals surface area (Å²) in [6.45, 7) is -0.107. The highest BCUT2D eigenvalue weighted by molar-refractivity contribution is 7.80. The van der Waals surface area contributed by atoms with Crippen molar-refractivity contribution in [2.45, 2.75) is 31.3 Å². The van der Waals surface area contributed by atoms with Crippen molar-refractivity contribution in [1.29, 1.82) is 0 Å². The van der Waals surface area contributed by atoms with Crippen LogP contribution in [0.15, 0.2) is 18.5 Å². The predicted molar refractivity (Wildman–Crippen MR) is 90.2 cm³/mol. The average molecular weight is 366 g/mol. The molecule has 2 atom stereocenters. The zero-order valence-corrected chi connectivity index (χ0v) is 14.1. The Morgan fingerprint density at radius 3 is 2.88 bits per heavy atom. The van der Waals surface area contributed by atoms with E-state index < -0.39 is 10.4 Å². The molecule has 2 unspecified atom stereocenters. The third kappa shape index (κ3) is 3.57. The van der Waals surface area contributed by atoms with Gasteiger partial charge in [0.15, 0.2) is 17.0 Å². The molecular formula is C14H18N6O4S. The van der Waals surface area contributed by atoms with Crippen LogP contribution in [0.2, 0.25) is 0 Å². The van der Waals surface area contributed by atoms with Crippen molar-refractivity contribution < 1.29 is 17.2 Å². The molecule has 0 radical (unpaired) electrons. The second kappa shape index (κ2) is 5.93. The Morgan fingerprint density at radius 1 is 1.36 bits per heavy atom. The third-order valence-corrected chi connectivity index (χ3v) is 4.73. The number of nitrogens with one attached hydrogen (secondary N) is 1. The molecule has 0 saturated heterocycles. The molecule has 2 aromatic rings. The van der Waals surface area contributed by atoms with E-state index in [-0.39, 0.29) is 24.5 Å². The predicted octanol–water partition coefficient (Wildman–Crippen LogP) is 0.919. The summed E-state index contributed by atoms with van der Waals surface area (Å²) in [5.74, 6) is 0.676. The van der Waals surface area contributed by atoms with Crippen molar-refractivity contribution >= 4 is 33.3 Å². The van der Waals surface area contributed by atoms with Crippen molar-refractivity contribution in [2.75, 3.05) is 17.7 Å². The van der Waals surface area contributed by atoms with E-state index in [0.717, 1.165) is 12.8 Å². The molecule has 0 amide bonds. The van der Waals surface area contributed by atoms with Crippen LogP contribution >= 0.6 is 0 Å². The molecule has 0 spiro atoms. The summed E-state index contributed by atoms with van der Waals surface area (Å²) in [7, 11) is -4.43. The van der Waals surface area contributed by atoms with Crippen LogP contribution in [0.1, 0.15) is 25.3 Å². The topological polar surface area (TPSA) is 145 Å². The number of aromatic nitrogens is 4. The summed E-state index contributed by atoms with van der Waals surface area (Å²) in [4.78, 5) is 13.0. The zero-order chi connectivity index (χ0) is 17.6. The van der Waals surface area contributed by atoms with Gasteiger partial charge in [-0.2, -0.15) is 18.4 Å². The number of hydrogen-bond acceptors (Lipinski definition) is 8. The lowest BCUT2D eigenvalue weighted by atomic mass is 10.1. The Labute approximate surface area is 144 Å². The van der Waals surface area contributed by atoms with Gasteiger partial charge in [0.1, 0.15) is 0 Å². The van der Waals surface area contributed by atoms with E-state index in [1.165, 1.54) is 0 Å². The fourth-order valence-electron chi connectivity index (χ4n) is 2.95. The molecule has 1 saturated carbocycles. The molecule has 1 fully saturated rings. The molecular weight excluding hydrogens is 348 g/mol. The van der Waals surface area contributed by atoms with Gasteiger partial charge in [-0.1, -0.05) is 12.2 Å². The number of rotatable bonds is 6. The standard InChI is InChI=1S/C14H18N6O4S/c15-14-18-12(17-9-2-3-9)11-13(19-14)20(7-16-11)10-4-1-8(5-10)6-24-25(21,22)23/h1,4,7-10H,2-3,5-6H2,(H,21,22,23)(H3,15,17,18,19). The highest BCUT2D eigenvalue weighted by atomic mass is 32.3. The minimum Gasteiger partial charge on any atom is -0.368 e. The van der Waals surface area contributed by atoms with Gasteiger partial charge in [0.2, 0.25) is 5.95 Å². The molecule has 4 N–H and O–H groups in total. The maximum Gasteiger partial charge on any atom is 0.397 e. The number of allylic oxidation sites excluding steroid dienone is 1. The van der Waals surface area contributed by atoms with E-state index in [0.29, 0.717) is 29.4 Å². The SMILES string of the molecule is Nc1nc(NC2CC2)c2ncn(C3C=CC(COS(=O)(=O)O)C3)c2n1. The summed E-state index contributed by atoms with van der Waals surface area (Å²) in [6.07, 6.45) is 8.29. The number of hydrogen-bond donors (Lipinski definition) is 3. The van der Waals surface area contributed by atoms with Crippen molar-refractivity contribution in [3.63, 3.8) is 0 Å². The van der Waals surface area contributed by atoms with Gasteiger partial charge in [0.05, 0.1) is 19.0 Å². The molecule has 10 nitrogen and oxygen atoms in total. The van der Waals surface area contributed by atoms with Gasteiger partial charge in [-0.25, -0.2) is 9.17 Å². The zero-order valence-electron chi connectivity index (χ0n) is 13.2. The van der Waals surface area contributed by atoms with Crippen LogP contribution in [0, 0.1) is 5.92 Å². The highest BCUT2D eigenvalue weighted by Gasteiger charge is 2.27. The van der Waals surface area contributed by atoms with E-state index in [9.17, 15) is 8.42 Å². The number of imidazole rings is 1. The van der Waals surface area contributed by atoms with Crippen LogP contribution < -0.4 is 11.1 Å². The van der Waals surface area contributed by atoms with E-state index >= 15 is 0 Å².